The minimum absolute atomic E-state index is 0.0647. The van der Waals surface area contributed by atoms with Crippen LogP contribution in [0, 0.1) is 5.92 Å². The zero-order valence-corrected chi connectivity index (χ0v) is 15.4. The van der Waals surface area contributed by atoms with E-state index in [4.69, 9.17) is 5.11 Å². The molecule has 4 atom stereocenters. The summed E-state index contributed by atoms with van der Waals surface area (Å²) >= 11 is 0. The number of aliphatic carboxylic acids is 1. The highest BCUT2D eigenvalue weighted by Gasteiger charge is 2.44. The van der Waals surface area contributed by atoms with Gasteiger partial charge >= 0.3 is 5.97 Å². The van der Waals surface area contributed by atoms with E-state index in [-0.39, 0.29) is 17.9 Å². The number of aliphatic imine (C=N–C) groups is 1. The molecular formula is C19H22FN3O5. The summed E-state index contributed by atoms with van der Waals surface area (Å²) in [5.74, 6) is -2.74. The van der Waals surface area contributed by atoms with E-state index in [1.807, 2.05) is 13.0 Å². The molecule has 3 unspecified atom stereocenters. The molecule has 3 rings (SSSR count). The summed E-state index contributed by atoms with van der Waals surface area (Å²) in [6.45, 7) is 0.588. The summed E-state index contributed by atoms with van der Waals surface area (Å²) in [6.07, 6.45) is 6.25. The van der Waals surface area contributed by atoms with Gasteiger partial charge in [0.25, 0.3) is 5.91 Å². The molecule has 0 spiro atoms. The number of hydrogen-bond donors (Lipinski definition) is 2. The van der Waals surface area contributed by atoms with Gasteiger partial charge in [0, 0.05) is 17.9 Å². The van der Waals surface area contributed by atoms with Crippen LogP contribution in [0.1, 0.15) is 32.6 Å². The van der Waals surface area contributed by atoms with Gasteiger partial charge in [-0.3, -0.25) is 29.1 Å². The summed E-state index contributed by atoms with van der Waals surface area (Å²) in [5.41, 5.74) is 0.500. The molecular weight excluding hydrogens is 369 g/mol. The van der Waals surface area contributed by atoms with Gasteiger partial charge in [0.1, 0.15) is 24.6 Å². The van der Waals surface area contributed by atoms with E-state index in [0.717, 1.165) is 0 Å². The van der Waals surface area contributed by atoms with Gasteiger partial charge in [-0.05, 0) is 12.8 Å². The SMILES string of the molecule is CC1C=CC=C2C(=O)N3C(=NC21)CCC[C@H]3C(=O)NC(CC(=O)O)C(=O)CF. The highest BCUT2D eigenvalue weighted by atomic mass is 19.1. The Morgan fingerprint density at radius 3 is 2.86 bits per heavy atom. The Morgan fingerprint density at radius 1 is 1.43 bits per heavy atom. The Balaban J connectivity index is 1.84. The van der Waals surface area contributed by atoms with Crippen LogP contribution in [-0.4, -0.2) is 64.2 Å². The van der Waals surface area contributed by atoms with Crippen LogP contribution in [0.4, 0.5) is 4.39 Å². The Labute approximate surface area is 161 Å². The molecule has 2 aliphatic heterocycles. The average molecular weight is 391 g/mol. The van der Waals surface area contributed by atoms with Crippen molar-refractivity contribution in [3.63, 3.8) is 0 Å². The first-order valence-corrected chi connectivity index (χ1v) is 9.23. The number of carboxylic acid groups (broad SMARTS) is 1. The van der Waals surface area contributed by atoms with Gasteiger partial charge in [-0.2, -0.15) is 0 Å². The predicted octanol–water partition coefficient (Wildman–Crippen LogP) is 0.779. The maximum Gasteiger partial charge on any atom is 0.305 e. The fourth-order valence-electron chi connectivity index (χ4n) is 3.80. The van der Waals surface area contributed by atoms with Gasteiger partial charge in [-0.25, -0.2) is 4.39 Å². The second kappa shape index (κ2) is 8.04. The van der Waals surface area contributed by atoms with Crippen LogP contribution in [0.3, 0.4) is 0 Å². The number of fused-ring (bicyclic) bond motifs is 2. The molecule has 1 aliphatic carbocycles. The number of alkyl halides is 1. The van der Waals surface area contributed by atoms with Crippen LogP contribution in [-0.2, 0) is 19.2 Å². The van der Waals surface area contributed by atoms with Crippen molar-refractivity contribution in [2.24, 2.45) is 10.9 Å². The van der Waals surface area contributed by atoms with Crippen molar-refractivity contribution in [2.75, 3.05) is 6.67 Å². The third kappa shape index (κ3) is 3.74. The molecule has 9 heteroatoms. The lowest BCUT2D eigenvalue weighted by molar-refractivity contribution is -0.141. The van der Waals surface area contributed by atoms with E-state index in [0.29, 0.717) is 30.7 Å². The molecule has 150 valence electrons. The van der Waals surface area contributed by atoms with Gasteiger partial charge in [-0.1, -0.05) is 25.2 Å². The first kappa shape index (κ1) is 19.9. The second-order valence-corrected chi connectivity index (χ2v) is 7.20. The number of nitrogens with zero attached hydrogens (tertiary/aromatic N) is 2. The molecule has 0 radical (unpaired) electrons. The monoisotopic (exact) mass is 391 g/mol. The number of amides is 2. The number of allylic oxidation sites excluding steroid dienone is 2. The predicted molar refractivity (Wildman–Crippen MR) is 97.3 cm³/mol. The van der Waals surface area contributed by atoms with Crippen LogP contribution in [0.15, 0.2) is 28.8 Å². The molecule has 1 fully saturated rings. The van der Waals surface area contributed by atoms with Crippen molar-refractivity contribution < 1.29 is 28.7 Å². The number of hydrogen-bond acceptors (Lipinski definition) is 5. The number of carbonyl (C=O) groups excluding carboxylic acids is 3. The zero-order chi connectivity index (χ0) is 20.4. The van der Waals surface area contributed by atoms with Crippen molar-refractivity contribution in [1.82, 2.24) is 10.2 Å². The fraction of sp³-hybridized carbons (Fsp3) is 0.526. The van der Waals surface area contributed by atoms with Crippen molar-refractivity contribution in [1.29, 1.82) is 0 Å². The number of ketones is 1. The number of nitrogens with one attached hydrogen (secondary N) is 1. The molecule has 2 amide bonds. The summed E-state index contributed by atoms with van der Waals surface area (Å²) in [7, 11) is 0. The summed E-state index contributed by atoms with van der Waals surface area (Å²) < 4.78 is 12.7. The zero-order valence-electron chi connectivity index (χ0n) is 15.4. The molecule has 0 saturated carbocycles. The molecule has 0 aromatic heterocycles. The number of amidine groups is 1. The standard InChI is InChI=1S/C19H22FN3O5/c1-10-4-2-5-11-17(10)22-15-7-3-6-13(23(15)19(11)28)18(27)21-12(8-16(25)26)14(24)9-20/h2,4-5,10,12-13,17H,3,6-9H2,1H3,(H,21,27)(H,25,26)/t10?,12?,13-,17?/m0/s1. The lowest BCUT2D eigenvalue weighted by atomic mass is 9.86. The highest BCUT2D eigenvalue weighted by Crippen LogP contribution is 2.33. The van der Waals surface area contributed by atoms with Crippen molar-refractivity contribution >= 4 is 29.4 Å². The summed E-state index contributed by atoms with van der Waals surface area (Å²) in [5, 5.41) is 11.2. The largest absolute Gasteiger partial charge is 0.481 e. The van der Waals surface area contributed by atoms with E-state index in [1.54, 1.807) is 12.2 Å². The molecule has 0 bridgehead atoms. The summed E-state index contributed by atoms with van der Waals surface area (Å²) in [6, 6.07) is -2.66. The summed E-state index contributed by atoms with van der Waals surface area (Å²) in [4.78, 5) is 54.4. The number of piperidine rings is 1. The fourth-order valence-corrected chi connectivity index (χ4v) is 3.80. The number of halogens is 1. The molecule has 0 aromatic rings. The van der Waals surface area contributed by atoms with Crippen LogP contribution in [0.25, 0.3) is 0 Å². The van der Waals surface area contributed by atoms with Gasteiger partial charge in [0.05, 0.1) is 12.5 Å². The Hall–Kier alpha value is -2.84. The molecule has 3 aliphatic rings. The van der Waals surface area contributed by atoms with Crippen LogP contribution in [0.5, 0.6) is 0 Å². The minimum atomic E-state index is -1.47. The Bertz CT molecular complexity index is 803. The number of rotatable bonds is 6. The smallest absolute Gasteiger partial charge is 0.305 e. The van der Waals surface area contributed by atoms with E-state index in [2.05, 4.69) is 10.3 Å². The number of carboxylic acids is 1. The maximum absolute atomic E-state index is 13.0. The van der Waals surface area contributed by atoms with Crippen LogP contribution < -0.4 is 5.32 Å². The van der Waals surface area contributed by atoms with Crippen molar-refractivity contribution in [2.45, 2.75) is 50.7 Å². The second-order valence-electron chi connectivity index (χ2n) is 7.20. The first-order chi connectivity index (χ1) is 13.3. The third-order valence-corrected chi connectivity index (χ3v) is 5.25. The third-order valence-electron chi connectivity index (χ3n) is 5.25. The van der Waals surface area contributed by atoms with E-state index >= 15 is 0 Å². The number of carbonyl (C=O) groups is 4. The van der Waals surface area contributed by atoms with Crippen LogP contribution >= 0.6 is 0 Å². The molecule has 2 N–H and O–H groups in total. The highest BCUT2D eigenvalue weighted by molar-refractivity contribution is 6.12. The van der Waals surface area contributed by atoms with E-state index in [9.17, 15) is 23.6 Å². The van der Waals surface area contributed by atoms with E-state index in [1.165, 1.54) is 4.90 Å². The van der Waals surface area contributed by atoms with Crippen LogP contribution in [0.2, 0.25) is 0 Å². The lowest BCUT2D eigenvalue weighted by Gasteiger charge is -2.42. The molecule has 2 heterocycles. The maximum atomic E-state index is 13.0. The van der Waals surface area contributed by atoms with E-state index < -0.39 is 42.8 Å². The topological polar surface area (TPSA) is 116 Å². The van der Waals surface area contributed by atoms with Gasteiger partial charge in [0.15, 0.2) is 5.78 Å². The first-order valence-electron chi connectivity index (χ1n) is 9.23. The minimum Gasteiger partial charge on any atom is -0.481 e. The molecule has 8 nitrogen and oxygen atoms in total. The van der Waals surface area contributed by atoms with Gasteiger partial charge in [-0.15, -0.1) is 0 Å². The van der Waals surface area contributed by atoms with Gasteiger partial charge in [0.2, 0.25) is 5.91 Å². The molecule has 28 heavy (non-hydrogen) atoms. The Kier molecular flexibility index (Phi) is 5.71. The normalized spacial score (nSPS) is 27.1. The van der Waals surface area contributed by atoms with Crippen molar-refractivity contribution in [3.05, 3.63) is 23.8 Å². The molecule has 1 saturated heterocycles. The molecule has 0 aromatic carbocycles. The quantitative estimate of drug-likeness (QED) is 0.694. The van der Waals surface area contributed by atoms with Gasteiger partial charge < -0.3 is 10.4 Å². The number of Topliss-reactive ketones (excluding diaryl/α,β-unsaturated/α-hetero) is 1. The average Bonchev–Trinajstić information content (AvgIpc) is 2.67. The lowest BCUT2D eigenvalue weighted by Crippen LogP contribution is -2.59. The van der Waals surface area contributed by atoms with Crippen molar-refractivity contribution in [3.8, 4) is 0 Å². The Morgan fingerprint density at radius 2 is 2.18 bits per heavy atom.